The third-order valence-electron chi connectivity index (χ3n) is 4.26. The minimum absolute atomic E-state index is 0.262. The van der Waals surface area contributed by atoms with E-state index in [0.717, 1.165) is 28.1 Å². The van der Waals surface area contributed by atoms with E-state index in [2.05, 4.69) is 30.4 Å². The number of nitrogens with one attached hydrogen (secondary N) is 2. The van der Waals surface area contributed by atoms with Crippen molar-refractivity contribution in [2.75, 3.05) is 18.2 Å². The average Bonchev–Trinajstić information content (AvgIpc) is 3.09. The molecule has 0 bridgehead atoms. The van der Waals surface area contributed by atoms with Crippen LogP contribution in [-0.2, 0) is 11.3 Å². The Morgan fingerprint density at radius 3 is 2.97 bits per heavy atom. The largest absolute Gasteiger partial charge is 0.399 e. The highest BCUT2D eigenvalue weighted by molar-refractivity contribution is 5.93. The molecule has 0 aliphatic carbocycles. The van der Waals surface area contributed by atoms with E-state index >= 15 is 0 Å². The monoisotopic (exact) mass is 391 g/mol. The summed E-state index contributed by atoms with van der Waals surface area (Å²) in [4.78, 5) is 20.8. The maximum absolute atomic E-state index is 13.4. The fourth-order valence-electron chi connectivity index (χ4n) is 2.94. The molecule has 4 aromatic rings. The van der Waals surface area contributed by atoms with Crippen molar-refractivity contribution in [2.45, 2.75) is 6.42 Å². The molecule has 29 heavy (non-hydrogen) atoms. The molecule has 2 aromatic heterocycles. The standard InChI is InChI=1S/C20H18FN7O/c1-29-25-10-15-19(22)23-11-24-20(15)26-14-5-6-16-17(9-14)28-18(27-16)8-12-3-2-4-13(21)7-12/h2-7,9-11H,8H2,1H3,(H,27,28)(H3,22,23,24,26)/b25-10+. The molecule has 0 saturated carbocycles. The number of oxime groups is 1. The second-order valence-electron chi connectivity index (χ2n) is 6.29. The lowest BCUT2D eigenvalue weighted by Crippen LogP contribution is -2.05. The molecule has 0 aliphatic heterocycles. The van der Waals surface area contributed by atoms with Gasteiger partial charge in [-0.25, -0.2) is 19.3 Å². The van der Waals surface area contributed by atoms with Gasteiger partial charge in [0.15, 0.2) is 0 Å². The molecule has 0 aliphatic rings. The van der Waals surface area contributed by atoms with Gasteiger partial charge < -0.3 is 20.9 Å². The van der Waals surface area contributed by atoms with E-state index in [9.17, 15) is 4.39 Å². The zero-order valence-electron chi connectivity index (χ0n) is 15.6. The van der Waals surface area contributed by atoms with Gasteiger partial charge in [0, 0.05) is 12.1 Å². The number of halogens is 1. The maximum atomic E-state index is 13.4. The SMILES string of the molecule is CO/N=C/c1c(N)ncnc1Nc1ccc2nc(Cc3cccc(F)c3)[nH]c2c1. The number of nitrogens with two attached hydrogens (primary N) is 1. The second kappa shape index (κ2) is 7.93. The molecule has 0 saturated heterocycles. The Balaban J connectivity index is 1.60. The number of H-pyrrole nitrogens is 1. The maximum Gasteiger partial charge on any atom is 0.144 e. The lowest BCUT2D eigenvalue weighted by molar-refractivity contribution is 0.215. The average molecular weight is 391 g/mol. The lowest BCUT2D eigenvalue weighted by atomic mass is 10.1. The Labute approximate surface area is 165 Å². The Kier molecular flexibility index (Phi) is 5.02. The summed E-state index contributed by atoms with van der Waals surface area (Å²) < 4.78 is 13.4. The molecule has 0 amide bonds. The van der Waals surface area contributed by atoms with Crippen molar-refractivity contribution in [3.8, 4) is 0 Å². The van der Waals surface area contributed by atoms with Crippen LogP contribution in [-0.4, -0.2) is 33.3 Å². The van der Waals surface area contributed by atoms with Crippen LogP contribution in [0.3, 0.4) is 0 Å². The van der Waals surface area contributed by atoms with Gasteiger partial charge in [-0.1, -0.05) is 17.3 Å². The summed E-state index contributed by atoms with van der Waals surface area (Å²) >= 11 is 0. The smallest absolute Gasteiger partial charge is 0.144 e. The molecule has 0 unspecified atom stereocenters. The summed E-state index contributed by atoms with van der Waals surface area (Å²) in [5.74, 6) is 1.27. The summed E-state index contributed by atoms with van der Waals surface area (Å²) in [6.45, 7) is 0. The summed E-state index contributed by atoms with van der Waals surface area (Å²) in [5.41, 5.74) is 9.71. The zero-order chi connectivity index (χ0) is 20.2. The zero-order valence-corrected chi connectivity index (χ0v) is 15.6. The van der Waals surface area contributed by atoms with E-state index < -0.39 is 0 Å². The minimum atomic E-state index is -0.262. The van der Waals surface area contributed by atoms with E-state index in [-0.39, 0.29) is 11.6 Å². The van der Waals surface area contributed by atoms with Crippen LogP contribution in [0.5, 0.6) is 0 Å². The first kappa shape index (κ1) is 18.4. The van der Waals surface area contributed by atoms with Crippen molar-refractivity contribution in [3.63, 3.8) is 0 Å². The molecule has 146 valence electrons. The van der Waals surface area contributed by atoms with Crippen molar-refractivity contribution in [1.82, 2.24) is 19.9 Å². The summed E-state index contributed by atoms with van der Waals surface area (Å²) in [6, 6.07) is 12.2. The molecule has 2 heterocycles. The van der Waals surface area contributed by atoms with Gasteiger partial charge in [-0.05, 0) is 35.9 Å². The molecule has 0 radical (unpaired) electrons. The van der Waals surface area contributed by atoms with Gasteiger partial charge in [0.25, 0.3) is 0 Å². The Bertz CT molecular complexity index is 1190. The van der Waals surface area contributed by atoms with Gasteiger partial charge >= 0.3 is 0 Å². The number of benzene rings is 2. The fourth-order valence-corrected chi connectivity index (χ4v) is 2.94. The quantitative estimate of drug-likeness (QED) is 0.343. The van der Waals surface area contributed by atoms with E-state index in [1.165, 1.54) is 31.8 Å². The van der Waals surface area contributed by atoms with Crippen LogP contribution < -0.4 is 11.1 Å². The van der Waals surface area contributed by atoms with Gasteiger partial charge in [0.2, 0.25) is 0 Å². The van der Waals surface area contributed by atoms with Gasteiger partial charge in [0.1, 0.15) is 36.7 Å². The first-order valence-electron chi connectivity index (χ1n) is 8.79. The number of aromatic nitrogens is 4. The lowest BCUT2D eigenvalue weighted by Gasteiger charge is -2.09. The first-order chi connectivity index (χ1) is 14.1. The van der Waals surface area contributed by atoms with Crippen LogP contribution in [0.25, 0.3) is 11.0 Å². The van der Waals surface area contributed by atoms with Crippen molar-refractivity contribution < 1.29 is 9.23 Å². The first-order valence-corrected chi connectivity index (χ1v) is 8.79. The van der Waals surface area contributed by atoms with Gasteiger partial charge in [-0.15, -0.1) is 0 Å². The number of nitrogen functional groups attached to an aromatic ring is 1. The van der Waals surface area contributed by atoms with Crippen molar-refractivity contribution in [1.29, 1.82) is 0 Å². The molecule has 4 N–H and O–H groups in total. The number of rotatable bonds is 6. The van der Waals surface area contributed by atoms with Gasteiger partial charge in [0.05, 0.1) is 22.8 Å². The summed E-state index contributed by atoms with van der Waals surface area (Å²) in [5, 5.41) is 6.94. The van der Waals surface area contributed by atoms with Crippen molar-refractivity contribution in [2.24, 2.45) is 5.16 Å². The van der Waals surface area contributed by atoms with Crippen molar-refractivity contribution in [3.05, 3.63) is 71.6 Å². The third kappa shape index (κ3) is 4.13. The van der Waals surface area contributed by atoms with E-state index in [1.54, 1.807) is 6.07 Å². The van der Waals surface area contributed by atoms with Gasteiger partial charge in [-0.2, -0.15) is 0 Å². The number of fused-ring (bicyclic) bond motifs is 1. The molecular formula is C20H18FN7O. The van der Waals surface area contributed by atoms with E-state index in [0.29, 0.717) is 17.8 Å². The molecule has 8 nitrogen and oxygen atoms in total. The summed E-state index contributed by atoms with van der Waals surface area (Å²) in [7, 11) is 1.44. The normalized spacial score (nSPS) is 11.2. The van der Waals surface area contributed by atoms with Crippen LogP contribution in [0.15, 0.2) is 53.9 Å². The predicted molar refractivity (Wildman–Crippen MR) is 110 cm³/mol. The number of nitrogens with zero attached hydrogens (tertiary/aromatic N) is 4. The van der Waals surface area contributed by atoms with E-state index in [1.807, 2.05) is 24.3 Å². The molecular weight excluding hydrogens is 373 g/mol. The number of imidazole rings is 1. The van der Waals surface area contributed by atoms with Crippen LogP contribution in [0.2, 0.25) is 0 Å². The fraction of sp³-hybridized carbons (Fsp3) is 0.100. The Morgan fingerprint density at radius 2 is 2.14 bits per heavy atom. The van der Waals surface area contributed by atoms with Crippen LogP contribution in [0.4, 0.5) is 21.7 Å². The Hall–Kier alpha value is -4.01. The van der Waals surface area contributed by atoms with Gasteiger partial charge in [-0.3, -0.25) is 0 Å². The highest BCUT2D eigenvalue weighted by Crippen LogP contribution is 2.24. The second-order valence-corrected chi connectivity index (χ2v) is 6.29. The minimum Gasteiger partial charge on any atom is -0.399 e. The van der Waals surface area contributed by atoms with Crippen LogP contribution >= 0.6 is 0 Å². The van der Waals surface area contributed by atoms with Crippen LogP contribution in [0, 0.1) is 5.82 Å². The third-order valence-corrected chi connectivity index (χ3v) is 4.26. The number of hydrogen-bond acceptors (Lipinski definition) is 7. The summed E-state index contributed by atoms with van der Waals surface area (Å²) in [6.07, 6.45) is 3.33. The van der Waals surface area contributed by atoms with Crippen molar-refractivity contribution >= 4 is 34.6 Å². The highest BCUT2D eigenvalue weighted by atomic mass is 19.1. The molecule has 0 fully saturated rings. The molecule has 4 rings (SSSR count). The number of anilines is 3. The molecule has 9 heteroatoms. The molecule has 0 atom stereocenters. The Morgan fingerprint density at radius 1 is 1.24 bits per heavy atom. The number of hydrogen-bond donors (Lipinski definition) is 3. The topological polar surface area (TPSA) is 114 Å². The van der Waals surface area contributed by atoms with Crippen LogP contribution in [0.1, 0.15) is 17.0 Å². The predicted octanol–water partition coefficient (Wildman–Crippen LogP) is 3.39. The molecule has 2 aromatic carbocycles. The molecule has 0 spiro atoms. The highest BCUT2D eigenvalue weighted by Gasteiger charge is 2.10. The number of aromatic amines is 1. The van der Waals surface area contributed by atoms with E-state index in [4.69, 9.17) is 10.6 Å².